The molecule has 1 aliphatic rings. The molecule has 0 aliphatic carbocycles. The van der Waals surface area contributed by atoms with Crippen LogP contribution in [0.25, 0.3) is 0 Å². The average Bonchev–Trinajstić information content (AvgIpc) is 2.81. The van der Waals surface area contributed by atoms with Gasteiger partial charge in [-0.05, 0) is 43.4 Å². The van der Waals surface area contributed by atoms with Crippen molar-refractivity contribution in [1.29, 1.82) is 0 Å². The predicted octanol–water partition coefficient (Wildman–Crippen LogP) is 3.35. The van der Waals surface area contributed by atoms with E-state index < -0.39 is 5.60 Å². The summed E-state index contributed by atoms with van der Waals surface area (Å²) in [6, 6.07) is 18.1. The van der Waals surface area contributed by atoms with Gasteiger partial charge in [0.05, 0.1) is 25.8 Å². The minimum Gasteiger partial charge on any atom is -0.384 e. The molecule has 0 radical (unpaired) electrons. The third-order valence-electron chi connectivity index (χ3n) is 5.44. The standard InChI is InChI=1S/C25H35N3O3/c1-3-26-24(28-19-25(2,29)22-7-5-4-6-8-22)27-17-20-9-11-21(12-10-20)18-31-23-13-15-30-16-14-23/h4-12,23,29H,3,13-19H2,1-2H3,(H2,26,27,28). The molecule has 2 aromatic rings. The number of nitrogens with zero attached hydrogens (tertiary/aromatic N) is 1. The zero-order valence-corrected chi connectivity index (χ0v) is 18.6. The molecule has 0 bridgehead atoms. The zero-order valence-electron chi connectivity index (χ0n) is 18.6. The molecule has 0 spiro atoms. The van der Waals surface area contributed by atoms with Gasteiger partial charge in [-0.3, -0.25) is 0 Å². The first-order valence-electron chi connectivity index (χ1n) is 11.1. The molecule has 3 N–H and O–H groups in total. The second kappa shape index (κ2) is 11.8. The van der Waals surface area contributed by atoms with E-state index in [9.17, 15) is 5.11 Å². The van der Waals surface area contributed by atoms with Crippen LogP contribution >= 0.6 is 0 Å². The summed E-state index contributed by atoms with van der Waals surface area (Å²) in [5.41, 5.74) is 2.19. The Kier molecular flexibility index (Phi) is 8.88. The Morgan fingerprint density at radius 2 is 1.74 bits per heavy atom. The summed E-state index contributed by atoms with van der Waals surface area (Å²) in [7, 11) is 0. The molecule has 6 heteroatoms. The van der Waals surface area contributed by atoms with E-state index in [-0.39, 0.29) is 0 Å². The van der Waals surface area contributed by atoms with Crippen LogP contribution in [0.4, 0.5) is 0 Å². The number of nitrogens with one attached hydrogen (secondary N) is 2. The van der Waals surface area contributed by atoms with Crippen LogP contribution in [-0.2, 0) is 28.2 Å². The first-order valence-corrected chi connectivity index (χ1v) is 11.1. The van der Waals surface area contributed by atoms with Crippen LogP contribution in [0.1, 0.15) is 43.4 Å². The molecule has 0 saturated carbocycles. The molecule has 1 saturated heterocycles. The Bertz CT molecular complexity index is 801. The normalized spacial score (nSPS) is 17.2. The van der Waals surface area contributed by atoms with E-state index in [4.69, 9.17) is 9.47 Å². The van der Waals surface area contributed by atoms with Crippen molar-refractivity contribution in [2.75, 3.05) is 26.3 Å². The molecular weight excluding hydrogens is 390 g/mol. The summed E-state index contributed by atoms with van der Waals surface area (Å²) in [4.78, 5) is 4.67. The second-order valence-electron chi connectivity index (χ2n) is 8.13. The molecule has 1 fully saturated rings. The molecule has 1 atom stereocenters. The topological polar surface area (TPSA) is 75.1 Å². The fraction of sp³-hybridized carbons (Fsp3) is 0.480. The lowest BCUT2D eigenvalue weighted by Crippen LogP contribution is -2.44. The Hall–Kier alpha value is -2.41. The van der Waals surface area contributed by atoms with Crippen molar-refractivity contribution in [3.63, 3.8) is 0 Å². The van der Waals surface area contributed by atoms with Crippen molar-refractivity contribution < 1.29 is 14.6 Å². The Morgan fingerprint density at radius 3 is 2.42 bits per heavy atom. The lowest BCUT2D eigenvalue weighted by atomic mass is 9.96. The van der Waals surface area contributed by atoms with E-state index in [2.05, 4.69) is 39.9 Å². The van der Waals surface area contributed by atoms with Crippen molar-refractivity contribution in [2.24, 2.45) is 4.99 Å². The van der Waals surface area contributed by atoms with Gasteiger partial charge < -0.3 is 25.2 Å². The van der Waals surface area contributed by atoms with Gasteiger partial charge in [-0.1, -0.05) is 54.6 Å². The van der Waals surface area contributed by atoms with Crippen LogP contribution in [0.3, 0.4) is 0 Å². The number of aliphatic hydroxyl groups is 1. The monoisotopic (exact) mass is 425 g/mol. The summed E-state index contributed by atoms with van der Waals surface area (Å²) in [5, 5.41) is 17.3. The number of benzene rings is 2. The van der Waals surface area contributed by atoms with Crippen LogP contribution in [0.5, 0.6) is 0 Å². The van der Waals surface area contributed by atoms with Gasteiger partial charge in [0.2, 0.25) is 0 Å². The molecule has 0 aromatic heterocycles. The third kappa shape index (κ3) is 7.65. The Labute approximate surface area is 185 Å². The van der Waals surface area contributed by atoms with Gasteiger partial charge in [0.25, 0.3) is 0 Å². The van der Waals surface area contributed by atoms with Crippen molar-refractivity contribution in [1.82, 2.24) is 10.6 Å². The number of aliphatic imine (C=N–C) groups is 1. The maximum absolute atomic E-state index is 10.8. The number of ether oxygens (including phenoxy) is 2. The fourth-order valence-electron chi connectivity index (χ4n) is 3.46. The lowest BCUT2D eigenvalue weighted by Gasteiger charge is -2.25. The van der Waals surface area contributed by atoms with E-state index in [1.54, 1.807) is 6.92 Å². The van der Waals surface area contributed by atoms with E-state index in [0.29, 0.717) is 31.8 Å². The molecule has 1 unspecified atom stereocenters. The average molecular weight is 426 g/mol. The van der Waals surface area contributed by atoms with Gasteiger partial charge in [-0.2, -0.15) is 0 Å². The largest absolute Gasteiger partial charge is 0.384 e. The van der Waals surface area contributed by atoms with Crippen molar-refractivity contribution in [3.05, 3.63) is 71.3 Å². The summed E-state index contributed by atoms with van der Waals surface area (Å²) in [5.74, 6) is 0.686. The number of guanidine groups is 1. The SMILES string of the molecule is CCNC(=NCc1ccc(COC2CCOCC2)cc1)NCC(C)(O)c1ccccc1. The van der Waals surface area contributed by atoms with Crippen LogP contribution in [-0.4, -0.2) is 43.5 Å². The van der Waals surface area contributed by atoms with E-state index in [1.165, 1.54) is 5.56 Å². The van der Waals surface area contributed by atoms with Crippen LogP contribution in [0, 0.1) is 0 Å². The maximum Gasteiger partial charge on any atom is 0.191 e. The predicted molar refractivity (Wildman–Crippen MR) is 124 cm³/mol. The van der Waals surface area contributed by atoms with Crippen molar-refractivity contribution in [3.8, 4) is 0 Å². The highest BCUT2D eigenvalue weighted by molar-refractivity contribution is 5.79. The second-order valence-corrected chi connectivity index (χ2v) is 8.13. The molecule has 3 rings (SSSR count). The Balaban J connectivity index is 1.51. The molecule has 31 heavy (non-hydrogen) atoms. The van der Waals surface area contributed by atoms with Gasteiger partial charge in [-0.15, -0.1) is 0 Å². The first kappa shape index (κ1) is 23.3. The molecule has 6 nitrogen and oxygen atoms in total. The van der Waals surface area contributed by atoms with Gasteiger partial charge in [-0.25, -0.2) is 4.99 Å². The van der Waals surface area contributed by atoms with Crippen molar-refractivity contribution >= 4 is 5.96 Å². The number of hydrogen-bond acceptors (Lipinski definition) is 4. The van der Waals surface area contributed by atoms with Crippen molar-refractivity contribution in [2.45, 2.75) is 51.5 Å². The van der Waals surface area contributed by atoms with E-state index in [1.807, 2.05) is 37.3 Å². The minimum atomic E-state index is -0.983. The van der Waals surface area contributed by atoms with Gasteiger partial charge in [0.15, 0.2) is 5.96 Å². The number of rotatable bonds is 9. The van der Waals surface area contributed by atoms with Crippen LogP contribution in [0.2, 0.25) is 0 Å². The highest BCUT2D eigenvalue weighted by atomic mass is 16.5. The van der Waals surface area contributed by atoms with E-state index in [0.717, 1.165) is 43.7 Å². The molecule has 168 valence electrons. The summed E-state index contributed by atoms with van der Waals surface area (Å²) < 4.78 is 11.4. The molecule has 1 aliphatic heterocycles. The summed E-state index contributed by atoms with van der Waals surface area (Å²) in [6.07, 6.45) is 2.26. The van der Waals surface area contributed by atoms with Crippen LogP contribution in [0.15, 0.2) is 59.6 Å². The Morgan fingerprint density at radius 1 is 1.06 bits per heavy atom. The third-order valence-corrected chi connectivity index (χ3v) is 5.44. The van der Waals surface area contributed by atoms with Crippen LogP contribution < -0.4 is 10.6 Å². The fourth-order valence-corrected chi connectivity index (χ4v) is 3.46. The smallest absolute Gasteiger partial charge is 0.191 e. The zero-order chi connectivity index (χ0) is 21.9. The van der Waals surface area contributed by atoms with E-state index >= 15 is 0 Å². The maximum atomic E-state index is 10.8. The summed E-state index contributed by atoms with van der Waals surface area (Å²) >= 11 is 0. The summed E-state index contributed by atoms with van der Waals surface area (Å²) in [6.45, 7) is 7.74. The first-order chi connectivity index (χ1) is 15.1. The van der Waals surface area contributed by atoms with Gasteiger partial charge in [0, 0.05) is 19.8 Å². The molecule has 2 aromatic carbocycles. The molecule has 0 amide bonds. The van der Waals surface area contributed by atoms with Gasteiger partial charge in [0.1, 0.15) is 5.60 Å². The quantitative estimate of drug-likeness (QED) is 0.424. The molecular formula is C25H35N3O3. The van der Waals surface area contributed by atoms with Gasteiger partial charge >= 0.3 is 0 Å². The highest BCUT2D eigenvalue weighted by Crippen LogP contribution is 2.19. The highest BCUT2D eigenvalue weighted by Gasteiger charge is 2.23. The minimum absolute atomic E-state index is 0.305. The lowest BCUT2D eigenvalue weighted by molar-refractivity contribution is -0.0390. The molecule has 1 heterocycles. The number of hydrogen-bond donors (Lipinski definition) is 3.